The van der Waals surface area contributed by atoms with Gasteiger partial charge in [0.25, 0.3) is 11.6 Å². The summed E-state index contributed by atoms with van der Waals surface area (Å²) in [5.74, 6) is 0.0674. The van der Waals surface area contributed by atoms with Gasteiger partial charge in [0.1, 0.15) is 0 Å². The molecule has 0 saturated carbocycles. The Labute approximate surface area is 119 Å². The van der Waals surface area contributed by atoms with E-state index in [1.807, 2.05) is 0 Å². The second-order valence-corrected chi connectivity index (χ2v) is 4.59. The van der Waals surface area contributed by atoms with E-state index in [-0.39, 0.29) is 11.6 Å². The smallest absolute Gasteiger partial charge is 0.269 e. The summed E-state index contributed by atoms with van der Waals surface area (Å²) in [5.41, 5.74) is 2.07. The van der Waals surface area contributed by atoms with Gasteiger partial charge in [0, 0.05) is 35.4 Å². The maximum atomic E-state index is 12.1. The first-order valence-electron chi connectivity index (χ1n) is 6.35. The third kappa shape index (κ3) is 2.61. The highest BCUT2D eigenvalue weighted by molar-refractivity contribution is 6.04. The van der Waals surface area contributed by atoms with Gasteiger partial charge in [-0.2, -0.15) is 5.10 Å². The van der Waals surface area contributed by atoms with Gasteiger partial charge in [0.15, 0.2) is 5.82 Å². The molecule has 21 heavy (non-hydrogen) atoms. The van der Waals surface area contributed by atoms with Crippen molar-refractivity contribution < 1.29 is 14.5 Å². The zero-order chi connectivity index (χ0) is 14.8. The van der Waals surface area contributed by atoms with Gasteiger partial charge in [-0.3, -0.25) is 20.0 Å². The molecule has 1 amide bonds. The Morgan fingerprint density at radius 3 is 2.86 bits per heavy atom. The fraction of sp³-hybridized carbons (Fsp3) is 0.231. The van der Waals surface area contributed by atoms with Crippen molar-refractivity contribution in [3.05, 3.63) is 51.2 Å². The molecule has 8 nitrogen and oxygen atoms in total. The standard InChI is InChI=1S/C13H12N4O4/c18-13(8-1-3-9(4-2-8)17(19)20)14-12-10-7-21-6-5-11(10)15-16-12/h1-4H,5-7H2,(H2,14,15,16,18). The van der Waals surface area contributed by atoms with Crippen molar-refractivity contribution in [2.24, 2.45) is 0 Å². The number of nitro benzene ring substituents is 1. The minimum Gasteiger partial charge on any atom is -0.376 e. The minimum atomic E-state index is -0.511. The first kappa shape index (κ1) is 13.3. The molecule has 2 N–H and O–H groups in total. The number of anilines is 1. The highest BCUT2D eigenvalue weighted by Crippen LogP contribution is 2.22. The number of nitro groups is 1. The molecule has 1 aromatic carbocycles. The molecule has 0 saturated heterocycles. The van der Waals surface area contributed by atoms with Gasteiger partial charge in [-0.1, -0.05) is 0 Å². The summed E-state index contributed by atoms with van der Waals surface area (Å²) in [7, 11) is 0. The van der Waals surface area contributed by atoms with Crippen LogP contribution in [0.3, 0.4) is 0 Å². The van der Waals surface area contributed by atoms with Crippen LogP contribution in [-0.2, 0) is 17.8 Å². The second kappa shape index (κ2) is 5.33. The number of nitrogens with one attached hydrogen (secondary N) is 2. The van der Waals surface area contributed by atoms with Crippen molar-refractivity contribution in [2.45, 2.75) is 13.0 Å². The number of fused-ring (bicyclic) bond motifs is 1. The minimum absolute atomic E-state index is 0.0582. The summed E-state index contributed by atoms with van der Waals surface area (Å²) in [5, 5.41) is 20.2. The van der Waals surface area contributed by atoms with Gasteiger partial charge in [-0.05, 0) is 12.1 Å². The zero-order valence-corrected chi connectivity index (χ0v) is 11.0. The molecular weight excluding hydrogens is 276 g/mol. The molecule has 0 bridgehead atoms. The Morgan fingerprint density at radius 2 is 2.14 bits per heavy atom. The summed E-state index contributed by atoms with van der Waals surface area (Å²) in [6.45, 7) is 1.03. The number of carbonyl (C=O) groups excluding carboxylic acids is 1. The number of non-ortho nitro benzene ring substituents is 1. The number of hydrogen-bond acceptors (Lipinski definition) is 5. The second-order valence-electron chi connectivity index (χ2n) is 4.59. The lowest BCUT2D eigenvalue weighted by molar-refractivity contribution is -0.384. The summed E-state index contributed by atoms with van der Waals surface area (Å²) in [4.78, 5) is 22.2. The number of rotatable bonds is 3. The van der Waals surface area contributed by atoms with E-state index in [1.165, 1.54) is 24.3 Å². The van der Waals surface area contributed by atoms with Crippen LogP contribution in [0.15, 0.2) is 24.3 Å². The lowest BCUT2D eigenvalue weighted by Gasteiger charge is -2.12. The molecule has 1 aliphatic rings. The summed E-state index contributed by atoms with van der Waals surface area (Å²) in [6.07, 6.45) is 0.732. The van der Waals surface area contributed by atoms with Crippen molar-refractivity contribution in [1.29, 1.82) is 0 Å². The number of ether oxygens (including phenoxy) is 1. The highest BCUT2D eigenvalue weighted by Gasteiger charge is 2.19. The van der Waals surface area contributed by atoms with E-state index in [0.29, 0.717) is 24.6 Å². The fourth-order valence-electron chi connectivity index (χ4n) is 2.13. The Hall–Kier alpha value is -2.74. The van der Waals surface area contributed by atoms with Gasteiger partial charge in [-0.15, -0.1) is 0 Å². The quantitative estimate of drug-likeness (QED) is 0.659. The Bertz CT molecular complexity index is 693. The van der Waals surface area contributed by atoms with E-state index in [4.69, 9.17) is 4.74 Å². The third-order valence-corrected chi connectivity index (χ3v) is 3.27. The van der Waals surface area contributed by atoms with Gasteiger partial charge in [-0.25, -0.2) is 0 Å². The van der Waals surface area contributed by atoms with Gasteiger partial charge < -0.3 is 10.1 Å². The number of aromatic amines is 1. The normalized spacial score (nSPS) is 13.5. The average Bonchev–Trinajstić information content (AvgIpc) is 2.91. The summed E-state index contributed by atoms with van der Waals surface area (Å²) < 4.78 is 5.34. The van der Waals surface area contributed by atoms with Crippen molar-refractivity contribution >= 4 is 17.4 Å². The summed E-state index contributed by atoms with van der Waals surface area (Å²) >= 11 is 0. The maximum absolute atomic E-state index is 12.1. The van der Waals surface area contributed by atoms with Crippen LogP contribution in [0.2, 0.25) is 0 Å². The first-order chi connectivity index (χ1) is 10.1. The summed E-state index contributed by atoms with van der Waals surface area (Å²) in [6, 6.07) is 5.39. The van der Waals surface area contributed by atoms with Gasteiger partial charge in [0.05, 0.1) is 18.1 Å². The van der Waals surface area contributed by atoms with Crippen LogP contribution >= 0.6 is 0 Å². The van der Waals surface area contributed by atoms with Crippen molar-refractivity contribution in [3.8, 4) is 0 Å². The van der Waals surface area contributed by atoms with Crippen LogP contribution in [0, 0.1) is 10.1 Å². The predicted molar refractivity (Wildman–Crippen MR) is 73.0 cm³/mol. The molecule has 8 heteroatoms. The number of carbonyl (C=O) groups is 1. The molecule has 1 aromatic heterocycles. The lowest BCUT2D eigenvalue weighted by atomic mass is 10.1. The van der Waals surface area contributed by atoms with Crippen molar-refractivity contribution in [3.63, 3.8) is 0 Å². The predicted octanol–water partition coefficient (Wildman–Crippen LogP) is 1.64. The van der Waals surface area contributed by atoms with Crippen molar-refractivity contribution in [2.75, 3.05) is 11.9 Å². The molecule has 0 atom stereocenters. The molecule has 0 spiro atoms. The van der Waals surface area contributed by atoms with Crippen molar-refractivity contribution in [1.82, 2.24) is 10.2 Å². The number of aromatic nitrogens is 2. The van der Waals surface area contributed by atoms with Crippen LogP contribution in [0.25, 0.3) is 0 Å². The zero-order valence-electron chi connectivity index (χ0n) is 11.0. The van der Waals surface area contributed by atoms with E-state index in [1.54, 1.807) is 0 Å². The first-order valence-corrected chi connectivity index (χ1v) is 6.35. The largest absolute Gasteiger partial charge is 0.376 e. The topological polar surface area (TPSA) is 110 Å². The molecule has 1 aliphatic heterocycles. The van der Waals surface area contributed by atoms with E-state index in [2.05, 4.69) is 15.5 Å². The van der Waals surface area contributed by atoms with E-state index < -0.39 is 4.92 Å². The van der Waals surface area contributed by atoms with Crippen LogP contribution in [-0.4, -0.2) is 27.6 Å². The molecule has 0 radical (unpaired) electrons. The number of H-pyrrole nitrogens is 1. The molecule has 0 unspecified atom stereocenters. The van der Waals surface area contributed by atoms with E-state index in [0.717, 1.165) is 17.7 Å². The van der Waals surface area contributed by atoms with Crippen LogP contribution in [0.1, 0.15) is 21.6 Å². The molecule has 0 aliphatic carbocycles. The SMILES string of the molecule is O=C(Nc1n[nH]c2c1COCC2)c1ccc([N+](=O)[O-])cc1. The Balaban J connectivity index is 1.77. The number of benzene rings is 1. The van der Waals surface area contributed by atoms with Crippen LogP contribution in [0.4, 0.5) is 11.5 Å². The van der Waals surface area contributed by atoms with Crippen LogP contribution < -0.4 is 5.32 Å². The molecule has 3 rings (SSSR count). The molecule has 108 valence electrons. The Kier molecular flexibility index (Phi) is 3.36. The molecule has 2 heterocycles. The molecular formula is C13H12N4O4. The molecule has 0 fully saturated rings. The third-order valence-electron chi connectivity index (χ3n) is 3.27. The maximum Gasteiger partial charge on any atom is 0.269 e. The monoisotopic (exact) mass is 288 g/mol. The van der Waals surface area contributed by atoms with Gasteiger partial charge in [0.2, 0.25) is 0 Å². The Morgan fingerprint density at radius 1 is 1.38 bits per heavy atom. The van der Waals surface area contributed by atoms with Gasteiger partial charge >= 0.3 is 0 Å². The number of nitrogens with zero attached hydrogens (tertiary/aromatic N) is 2. The van der Waals surface area contributed by atoms with Crippen LogP contribution in [0.5, 0.6) is 0 Å². The van der Waals surface area contributed by atoms with E-state index in [9.17, 15) is 14.9 Å². The highest BCUT2D eigenvalue weighted by atomic mass is 16.6. The number of hydrogen-bond donors (Lipinski definition) is 2. The fourth-order valence-corrected chi connectivity index (χ4v) is 2.13. The number of amides is 1. The lowest BCUT2D eigenvalue weighted by Crippen LogP contribution is -2.15. The molecule has 2 aromatic rings. The average molecular weight is 288 g/mol. The van der Waals surface area contributed by atoms with E-state index >= 15 is 0 Å².